The molecule has 1 heterocycles. The van der Waals surface area contributed by atoms with E-state index in [2.05, 4.69) is 14.7 Å². The summed E-state index contributed by atoms with van der Waals surface area (Å²) in [4.78, 5) is 5.92. The van der Waals surface area contributed by atoms with Crippen molar-refractivity contribution in [2.24, 2.45) is 0 Å². The van der Waals surface area contributed by atoms with E-state index >= 15 is 0 Å². The molecule has 0 saturated carbocycles. The lowest BCUT2D eigenvalue weighted by molar-refractivity contribution is -0.138. The molecule has 108 valence electrons. The van der Waals surface area contributed by atoms with Crippen molar-refractivity contribution < 1.29 is 21.6 Å². The van der Waals surface area contributed by atoms with Gasteiger partial charge in [-0.15, -0.1) is 0 Å². The Bertz CT molecular complexity index is 709. The summed E-state index contributed by atoms with van der Waals surface area (Å²) in [5.41, 5.74) is -1.04. The SMILES string of the molecule is Cc1ccc(NS(=O)(=O)c2cnc[nH]2)cc1C(F)(F)F. The van der Waals surface area contributed by atoms with Gasteiger partial charge in [0.2, 0.25) is 0 Å². The maximum atomic E-state index is 12.7. The van der Waals surface area contributed by atoms with Gasteiger partial charge in [0.25, 0.3) is 10.0 Å². The van der Waals surface area contributed by atoms with Crippen LogP contribution in [0.15, 0.2) is 35.7 Å². The third kappa shape index (κ3) is 2.93. The summed E-state index contributed by atoms with van der Waals surface area (Å²) in [6.07, 6.45) is -2.33. The molecule has 2 rings (SSSR count). The molecule has 0 saturated heterocycles. The van der Waals surface area contributed by atoms with E-state index in [-0.39, 0.29) is 16.3 Å². The Labute approximate surface area is 112 Å². The second kappa shape index (κ2) is 4.82. The number of aromatic nitrogens is 2. The Kier molecular flexibility index (Phi) is 3.46. The fourth-order valence-corrected chi connectivity index (χ4v) is 2.55. The van der Waals surface area contributed by atoms with Gasteiger partial charge in [-0.25, -0.2) is 4.98 Å². The minimum absolute atomic E-state index is 0.0157. The van der Waals surface area contributed by atoms with Gasteiger partial charge in [-0.1, -0.05) is 6.07 Å². The molecule has 2 N–H and O–H groups in total. The van der Waals surface area contributed by atoms with Crippen LogP contribution in [0.3, 0.4) is 0 Å². The number of sulfonamides is 1. The first-order chi connectivity index (χ1) is 9.20. The molecule has 9 heteroatoms. The number of alkyl halides is 3. The standard InChI is InChI=1S/C11H10F3N3O2S/c1-7-2-3-8(4-9(7)11(12,13)14)17-20(18,19)10-5-15-6-16-10/h2-6,17H,1H3,(H,15,16). The van der Waals surface area contributed by atoms with Crippen LogP contribution in [0.5, 0.6) is 0 Å². The van der Waals surface area contributed by atoms with Crippen LogP contribution in [0.1, 0.15) is 11.1 Å². The molecule has 0 amide bonds. The van der Waals surface area contributed by atoms with Crippen LogP contribution < -0.4 is 4.72 Å². The Morgan fingerprint density at radius 2 is 2.00 bits per heavy atom. The first-order valence-electron chi connectivity index (χ1n) is 5.39. The average molecular weight is 305 g/mol. The number of aryl methyl sites for hydroxylation is 1. The van der Waals surface area contributed by atoms with Gasteiger partial charge in [-0.05, 0) is 24.6 Å². The molecular weight excluding hydrogens is 295 g/mol. The Morgan fingerprint density at radius 3 is 2.55 bits per heavy atom. The van der Waals surface area contributed by atoms with E-state index < -0.39 is 21.8 Å². The van der Waals surface area contributed by atoms with E-state index in [1.807, 2.05) is 0 Å². The lowest BCUT2D eigenvalue weighted by Crippen LogP contribution is -2.15. The van der Waals surface area contributed by atoms with Gasteiger partial charge in [-0.2, -0.15) is 21.6 Å². The maximum absolute atomic E-state index is 12.7. The van der Waals surface area contributed by atoms with Gasteiger partial charge in [0.1, 0.15) is 0 Å². The maximum Gasteiger partial charge on any atom is 0.416 e. The predicted molar refractivity (Wildman–Crippen MR) is 65.6 cm³/mol. The summed E-state index contributed by atoms with van der Waals surface area (Å²) in [5.74, 6) is 0. The molecule has 1 aromatic heterocycles. The normalized spacial score (nSPS) is 12.4. The second-order valence-electron chi connectivity index (χ2n) is 4.05. The van der Waals surface area contributed by atoms with Crippen molar-refractivity contribution in [3.8, 4) is 0 Å². The number of nitrogens with zero attached hydrogens (tertiary/aromatic N) is 1. The molecule has 0 unspecified atom stereocenters. The van der Waals surface area contributed by atoms with Crippen LogP contribution in [-0.4, -0.2) is 18.4 Å². The van der Waals surface area contributed by atoms with E-state index in [4.69, 9.17) is 0 Å². The lowest BCUT2D eigenvalue weighted by atomic mass is 10.1. The number of aromatic amines is 1. The molecule has 0 spiro atoms. The third-order valence-electron chi connectivity index (χ3n) is 2.56. The number of imidazole rings is 1. The van der Waals surface area contributed by atoms with Gasteiger partial charge < -0.3 is 4.98 Å². The Hall–Kier alpha value is -2.03. The topological polar surface area (TPSA) is 74.8 Å². The van der Waals surface area contributed by atoms with Crippen molar-refractivity contribution in [2.45, 2.75) is 18.1 Å². The largest absolute Gasteiger partial charge is 0.416 e. The predicted octanol–water partition coefficient (Wildman–Crippen LogP) is 2.54. The highest BCUT2D eigenvalue weighted by atomic mass is 32.2. The van der Waals surface area contributed by atoms with Gasteiger partial charge >= 0.3 is 6.18 Å². The van der Waals surface area contributed by atoms with Crippen LogP contribution in [0.25, 0.3) is 0 Å². The number of H-pyrrole nitrogens is 1. The molecule has 2 aromatic rings. The zero-order chi connectivity index (χ0) is 15.0. The first-order valence-corrected chi connectivity index (χ1v) is 6.87. The van der Waals surface area contributed by atoms with Crippen LogP contribution in [-0.2, 0) is 16.2 Å². The molecule has 0 atom stereocenters. The minimum atomic E-state index is -4.54. The number of benzene rings is 1. The fourth-order valence-electron chi connectivity index (χ4n) is 1.59. The number of halogens is 3. The van der Waals surface area contributed by atoms with Gasteiger partial charge in [0, 0.05) is 5.69 Å². The van der Waals surface area contributed by atoms with Crippen LogP contribution in [0.4, 0.5) is 18.9 Å². The summed E-state index contributed by atoms with van der Waals surface area (Å²) in [6.45, 7) is 1.30. The molecular formula is C11H10F3N3O2S. The lowest BCUT2D eigenvalue weighted by Gasteiger charge is -2.13. The Morgan fingerprint density at radius 1 is 1.30 bits per heavy atom. The molecule has 0 aliphatic heterocycles. The zero-order valence-corrected chi connectivity index (χ0v) is 11.0. The number of nitrogens with one attached hydrogen (secondary N) is 2. The van der Waals surface area contributed by atoms with Gasteiger partial charge in [0.05, 0.1) is 18.1 Å². The summed E-state index contributed by atoms with van der Waals surface area (Å²) >= 11 is 0. The highest BCUT2D eigenvalue weighted by molar-refractivity contribution is 7.92. The van der Waals surface area contributed by atoms with Gasteiger partial charge in [-0.3, -0.25) is 4.72 Å². The molecule has 0 bridgehead atoms. The monoisotopic (exact) mass is 305 g/mol. The van der Waals surface area contributed by atoms with E-state index in [1.165, 1.54) is 19.1 Å². The molecule has 0 aliphatic carbocycles. The molecule has 0 radical (unpaired) electrons. The van der Waals surface area contributed by atoms with Gasteiger partial charge in [0.15, 0.2) is 5.03 Å². The summed E-state index contributed by atoms with van der Waals surface area (Å²) in [7, 11) is -3.98. The van der Waals surface area contributed by atoms with Crippen LogP contribution >= 0.6 is 0 Å². The summed E-state index contributed by atoms with van der Waals surface area (Å²) < 4.78 is 64.0. The van der Waals surface area contributed by atoms with E-state index in [0.717, 1.165) is 18.6 Å². The molecule has 20 heavy (non-hydrogen) atoms. The van der Waals surface area contributed by atoms with E-state index in [9.17, 15) is 21.6 Å². The number of rotatable bonds is 3. The molecule has 0 fully saturated rings. The van der Waals surface area contributed by atoms with Crippen molar-refractivity contribution in [3.63, 3.8) is 0 Å². The van der Waals surface area contributed by atoms with Crippen molar-refractivity contribution in [1.29, 1.82) is 0 Å². The average Bonchev–Trinajstić information content (AvgIpc) is 2.84. The Balaban J connectivity index is 2.36. The quantitative estimate of drug-likeness (QED) is 0.915. The van der Waals surface area contributed by atoms with Crippen molar-refractivity contribution in [1.82, 2.24) is 9.97 Å². The van der Waals surface area contributed by atoms with Crippen molar-refractivity contribution in [2.75, 3.05) is 4.72 Å². The highest BCUT2D eigenvalue weighted by Crippen LogP contribution is 2.33. The van der Waals surface area contributed by atoms with Crippen molar-refractivity contribution >= 4 is 15.7 Å². The van der Waals surface area contributed by atoms with Crippen LogP contribution in [0, 0.1) is 6.92 Å². The summed E-state index contributed by atoms with van der Waals surface area (Å²) in [6, 6.07) is 3.22. The minimum Gasteiger partial charge on any atom is -0.334 e. The molecule has 5 nitrogen and oxygen atoms in total. The molecule has 0 aliphatic rings. The van der Waals surface area contributed by atoms with E-state index in [1.54, 1.807) is 0 Å². The van der Waals surface area contributed by atoms with E-state index in [0.29, 0.717) is 0 Å². The smallest absolute Gasteiger partial charge is 0.334 e. The first kappa shape index (κ1) is 14.4. The summed E-state index contributed by atoms with van der Waals surface area (Å²) in [5, 5.41) is -0.230. The molecule has 1 aromatic carbocycles. The third-order valence-corrected chi connectivity index (χ3v) is 3.86. The fraction of sp³-hybridized carbons (Fsp3) is 0.182. The van der Waals surface area contributed by atoms with Crippen LogP contribution in [0.2, 0.25) is 0 Å². The second-order valence-corrected chi connectivity index (χ2v) is 5.70. The van der Waals surface area contributed by atoms with Crippen molar-refractivity contribution in [3.05, 3.63) is 41.9 Å². The number of anilines is 1. The number of hydrogen-bond donors (Lipinski definition) is 2. The highest BCUT2D eigenvalue weighted by Gasteiger charge is 2.32. The number of hydrogen-bond acceptors (Lipinski definition) is 3. The zero-order valence-electron chi connectivity index (χ0n) is 10.2.